The molecule has 0 bridgehead atoms. The molecule has 1 unspecified atom stereocenters. The van der Waals surface area contributed by atoms with Crippen LogP contribution in [0.25, 0.3) is 0 Å². The Morgan fingerprint density at radius 1 is 1.47 bits per heavy atom. The first-order valence-corrected chi connectivity index (χ1v) is 6.73. The van der Waals surface area contributed by atoms with Gasteiger partial charge in [-0.15, -0.1) is 0 Å². The van der Waals surface area contributed by atoms with Gasteiger partial charge in [0.05, 0.1) is 18.6 Å². The molecule has 0 aromatic rings. The molecule has 1 N–H and O–H groups in total. The molecule has 0 aliphatic carbocycles. The summed E-state index contributed by atoms with van der Waals surface area (Å²) in [5, 5.41) is 9.10. The molecular formula is C12H23O4Si. The summed E-state index contributed by atoms with van der Waals surface area (Å²) in [5.41, 5.74) is -0.511. The fraction of sp³-hybridized carbons (Fsp3) is 0.917. The molecule has 0 rings (SSSR count). The minimum Gasteiger partial charge on any atom is -0.457 e. The fourth-order valence-corrected chi connectivity index (χ4v) is 1.11. The van der Waals surface area contributed by atoms with Gasteiger partial charge in [0.1, 0.15) is 6.10 Å². The van der Waals surface area contributed by atoms with E-state index in [0.29, 0.717) is 13.0 Å². The molecule has 0 aliphatic rings. The lowest BCUT2D eigenvalue weighted by atomic mass is 9.90. The summed E-state index contributed by atoms with van der Waals surface area (Å²) < 4.78 is 10.5. The highest BCUT2D eigenvalue weighted by Crippen LogP contribution is 2.22. The number of aliphatic hydroxyl groups is 1. The van der Waals surface area contributed by atoms with Gasteiger partial charge in [-0.1, -0.05) is 13.0 Å². The lowest BCUT2D eigenvalue weighted by Gasteiger charge is -2.24. The van der Waals surface area contributed by atoms with E-state index in [1.807, 2.05) is 20.8 Å². The number of ether oxygens (including phenoxy) is 2. The molecular weight excluding hydrogens is 236 g/mol. The number of carbonyl (C=O) groups excluding carboxylic acids is 1. The molecule has 1 atom stereocenters. The van der Waals surface area contributed by atoms with E-state index in [1.165, 1.54) is 0 Å². The quantitative estimate of drug-likeness (QED) is 0.385. The van der Waals surface area contributed by atoms with E-state index >= 15 is 0 Å². The zero-order valence-electron chi connectivity index (χ0n) is 11.0. The number of aliphatic hydroxyl groups excluding tert-OH is 1. The second-order valence-electron chi connectivity index (χ2n) is 4.63. The van der Waals surface area contributed by atoms with Crippen LogP contribution < -0.4 is 0 Å². The zero-order chi connectivity index (χ0) is 13.3. The van der Waals surface area contributed by atoms with Crippen molar-refractivity contribution in [2.24, 2.45) is 5.41 Å². The van der Waals surface area contributed by atoms with Crippen LogP contribution in [0.5, 0.6) is 0 Å². The molecule has 0 saturated heterocycles. The van der Waals surface area contributed by atoms with Crippen molar-refractivity contribution in [3.63, 3.8) is 0 Å². The van der Waals surface area contributed by atoms with Crippen LogP contribution in [0.1, 0.15) is 33.6 Å². The Labute approximate surface area is 107 Å². The lowest BCUT2D eigenvalue weighted by molar-refractivity contribution is -0.165. The van der Waals surface area contributed by atoms with E-state index in [-0.39, 0.29) is 19.2 Å². The van der Waals surface area contributed by atoms with E-state index in [1.54, 1.807) is 0 Å². The van der Waals surface area contributed by atoms with Crippen LogP contribution in [0.3, 0.4) is 0 Å². The number of carbonyl (C=O) groups is 1. The third-order valence-corrected chi connectivity index (χ3v) is 3.04. The molecule has 4 nitrogen and oxygen atoms in total. The van der Waals surface area contributed by atoms with Crippen molar-refractivity contribution >= 4 is 16.2 Å². The third-order valence-electron chi connectivity index (χ3n) is 2.68. The van der Waals surface area contributed by atoms with Crippen LogP contribution in [0.4, 0.5) is 0 Å². The van der Waals surface area contributed by atoms with Gasteiger partial charge in [0.2, 0.25) is 0 Å². The number of hydrogen-bond donors (Lipinski definition) is 1. The smallest absolute Gasteiger partial charge is 0.311 e. The summed E-state index contributed by atoms with van der Waals surface area (Å²) in [4.78, 5) is 11.8. The number of esters is 1. The fourth-order valence-electron chi connectivity index (χ4n) is 0.968. The summed E-state index contributed by atoms with van der Waals surface area (Å²) in [6.45, 7) is 6.22. The molecule has 0 spiro atoms. The van der Waals surface area contributed by atoms with E-state index in [2.05, 4.69) is 10.2 Å². The topological polar surface area (TPSA) is 55.8 Å². The molecule has 0 fully saturated rings. The minimum absolute atomic E-state index is 0.209. The Bertz CT molecular complexity index is 219. The van der Waals surface area contributed by atoms with Crippen LogP contribution >= 0.6 is 0 Å². The average molecular weight is 259 g/mol. The number of hydrogen-bond acceptors (Lipinski definition) is 4. The average Bonchev–Trinajstić information content (AvgIpc) is 2.32. The second kappa shape index (κ2) is 8.66. The van der Waals surface area contributed by atoms with Gasteiger partial charge in [0, 0.05) is 16.8 Å². The molecule has 0 amide bonds. The van der Waals surface area contributed by atoms with E-state index in [0.717, 1.165) is 12.5 Å². The van der Waals surface area contributed by atoms with Gasteiger partial charge in [-0.05, 0) is 26.7 Å². The monoisotopic (exact) mass is 259 g/mol. The van der Waals surface area contributed by atoms with Crippen molar-refractivity contribution in [1.82, 2.24) is 0 Å². The van der Waals surface area contributed by atoms with Crippen LogP contribution in [0.2, 0.25) is 6.04 Å². The first kappa shape index (κ1) is 16.6. The summed E-state index contributed by atoms with van der Waals surface area (Å²) in [6, 6.07) is 0.868. The molecule has 5 heteroatoms. The molecule has 0 heterocycles. The minimum atomic E-state index is -0.567. The molecule has 3 radical (unpaired) electrons. The number of rotatable bonds is 9. The Morgan fingerprint density at radius 2 is 2.12 bits per heavy atom. The summed E-state index contributed by atoms with van der Waals surface area (Å²) in [7, 11) is 3.34. The zero-order valence-corrected chi connectivity index (χ0v) is 12.0. The maximum absolute atomic E-state index is 11.8. The molecule has 0 aromatic heterocycles. The standard InChI is InChI=1S/C12H23O4Si/c1-4-12(2,3)11(14)16-10(8-13)9-15-6-5-7-17/h10,13H,4-9H2,1-3H3. The maximum atomic E-state index is 11.8. The van der Waals surface area contributed by atoms with E-state index in [4.69, 9.17) is 14.6 Å². The molecule has 17 heavy (non-hydrogen) atoms. The first-order valence-electron chi connectivity index (χ1n) is 6.02. The van der Waals surface area contributed by atoms with Gasteiger partial charge in [-0.2, -0.15) is 0 Å². The van der Waals surface area contributed by atoms with Gasteiger partial charge in [0.15, 0.2) is 0 Å². The van der Waals surface area contributed by atoms with E-state index in [9.17, 15) is 4.79 Å². The molecule has 99 valence electrons. The Hall–Kier alpha value is -0.393. The van der Waals surface area contributed by atoms with Crippen molar-refractivity contribution in [3.8, 4) is 0 Å². The van der Waals surface area contributed by atoms with Gasteiger partial charge in [-0.3, -0.25) is 4.79 Å². The molecule has 0 aliphatic heterocycles. The third kappa shape index (κ3) is 6.80. The van der Waals surface area contributed by atoms with E-state index < -0.39 is 11.5 Å². The first-order chi connectivity index (χ1) is 7.97. The highest BCUT2D eigenvalue weighted by molar-refractivity contribution is 6.08. The van der Waals surface area contributed by atoms with Crippen molar-refractivity contribution in [1.29, 1.82) is 0 Å². The Balaban J connectivity index is 4.00. The van der Waals surface area contributed by atoms with Crippen LogP contribution in [0.15, 0.2) is 0 Å². The summed E-state index contributed by atoms with van der Waals surface area (Å²) >= 11 is 0. The summed E-state index contributed by atoms with van der Waals surface area (Å²) in [6.07, 6.45) is 1.03. The predicted molar refractivity (Wildman–Crippen MR) is 67.0 cm³/mol. The van der Waals surface area contributed by atoms with Gasteiger partial charge in [-0.25, -0.2) is 0 Å². The lowest BCUT2D eigenvalue weighted by Crippen LogP contribution is -2.34. The van der Waals surface area contributed by atoms with Crippen molar-refractivity contribution in [2.45, 2.75) is 45.8 Å². The van der Waals surface area contributed by atoms with Gasteiger partial charge < -0.3 is 14.6 Å². The van der Waals surface area contributed by atoms with Gasteiger partial charge in [0.25, 0.3) is 0 Å². The van der Waals surface area contributed by atoms with Crippen molar-refractivity contribution in [3.05, 3.63) is 0 Å². The predicted octanol–water partition coefficient (Wildman–Crippen LogP) is 1.32. The largest absolute Gasteiger partial charge is 0.457 e. The Morgan fingerprint density at radius 3 is 2.59 bits per heavy atom. The molecule has 0 aromatic carbocycles. The summed E-state index contributed by atoms with van der Waals surface area (Å²) in [5.74, 6) is -0.289. The van der Waals surface area contributed by atoms with Crippen LogP contribution in [-0.2, 0) is 14.3 Å². The normalized spacial score (nSPS) is 13.5. The Kier molecular flexibility index (Phi) is 8.46. The van der Waals surface area contributed by atoms with Crippen molar-refractivity contribution in [2.75, 3.05) is 19.8 Å². The molecule has 0 saturated carbocycles. The van der Waals surface area contributed by atoms with Crippen molar-refractivity contribution < 1.29 is 19.4 Å². The van der Waals surface area contributed by atoms with Gasteiger partial charge >= 0.3 is 5.97 Å². The maximum Gasteiger partial charge on any atom is 0.311 e. The van der Waals surface area contributed by atoms with Crippen LogP contribution in [0, 0.1) is 5.41 Å². The van der Waals surface area contributed by atoms with Crippen LogP contribution in [-0.4, -0.2) is 47.2 Å². The highest BCUT2D eigenvalue weighted by atomic mass is 28.1. The second-order valence-corrected chi connectivity index (χ2v) is 5.13. The SMILES string of the molecule is CCC(C)(C)C(=O)OC(CO)COCCC[Si]. The highest BCUT2D eigenvalue weighted by Gasteiger charge is 2.29.